The summed E-state index contributed by atoms with van der Waals surface area (Å²) in [5, 5.41) is 12.8. The molecule has 1 atom stereocenters. The first-order valence-electron chi connectivity index (χ1n) is 6.10. The van der Waals surface area contributed by atoms with Crippen LogP contribution in [-0.4, -0.2) is 34.7 Å². The Bertz CT molecular complexity index is 352. The third-order valence-electron chi connectivity index (χ3n) is 3.50. The molecule has 17 heavy (non-hydrogen) atoms. The Hall–Kier alpha value is -0.710. The van der Waals surface area contributed by atoms with Crippen molar-refractivity contribution in [1.29, 1.82) is 0 Å². The molecule has 1 fully saturated rings. The van der Waals surface area contributed by atoms with Gasteiger partial charge in [-0.3, -0.25) is 4.90 Å². The second kappa shape index (κ2) is 5.76. The highest BCUT2D eigenvalue weighted by Gasteiger charge is 2.33. The zero-order valence-corrected chi connectivity index (χ0v) is 11.0. The van der Waals surface area contributed by atoms with Crippen LogP contribution in [0, 0.1) is 5.41 Å². The maximum atomic E-state index is 9.63. The lowest BCUT2D eigenvalue weighted by Gasteiger charge is -2.41. The van der Waals surface area contributed by atoms with Crippen molar-refractivity contribution in [1.82, 2.24) is 9.88 Å². The molecule has 4 heteroatoms. The van der Waals surface area contributed by atoms with Crippen LogP contribution in [0.25, 0.3) is 0 Å². The number of likely N-dealkylation sites (tertiary alicyclic amines) is 1. The van der Waals surface area contributed by atoms with Gasteiger partial charge < -0.3 is 5.11 Å². The molecule has 1 aromatic heterocycles. The van der Waals surface area contributed by atoms with Crippen LogP contribution in [0.3, 0.4) is 0 Å². The number of hydrogen-bond donors (Lipinski definition) is 1. The van der Waals surface area contributed by atoms with Crippen molar-refractivity contribution in [3.05, 3.63) is 29.2 Å². The van der Waals surface area contributed by atoms with E-state index < -0.39 is 0 Å². The fourth-order valence-corrected chi connectivity index (χ4v) is 3.29. The quantitative estimate of drug-likeness (QED) is 0.817. The lowest BCUT2D eigenvalue weighted by atomic mass is 9.78. The molecular weight excluding hydrogens is 232 g/mol. The van der Waals surface area contributed by atoms with E-state index in [2.05, 4.69) is 16.5 Å². The van der Waals surface area contributed by atoms with Crippen molar-refractivity contribution in [2.45, 2.75) is 25.8 Å². The zero-order valence-electron chi connectivity index (χ0n) is 10.1. The normalized spacial score (nSPS) is 25.9. The largest absolute Gasteiger partial charge is 0.396 e. The van der Waals surface area contributed by atoms with Crippen molar-refractivity contribution in [2.24, 2.45) is 5.41 Å². The maximum absolute atomic E-state index is 9.63. The SMILES string of the molecule is C=CC[C@@]1(CO)CCCN(Cc2nccs2)C1. The molecule has 0 radical (unpaired) electrons. The minimum absolute atomic E-state index is 0.0251. The van der Waals surface area contributed by atoms with Gasteiger partial charge in [-0.15, -0.1) is 17.9 Å². The number of aliphatic hydroxyl groups excluding tert-OH is 1. The fraction of sp³-hybridized carbons (Fsp3) is 0.615. The summed E-state index contributed by atoms with van der Waals surface area (Å²) in [6, 6.07) is 0. The van der Waals surface area contributed by atoms with Crippen LogP contribution in [0.5, 0.6) is 0 Å². The molecule has 2 rings (SSSR count). The molecule has 3 nitrogen and oxygen atoms in total. The van der Waals surface area contributed by atoms with Crippen molar-refractivity contribution in [2.75, 3.05) is 19.7 Å². The molecule has 0 aromatic carbocycles. The number of thiazole rings is 1. The topological polar surface area (TPSA) is 36.4 Å². The second-order valence-electron chi connectivity index (χ2n) is 4.89. The molecule has 94 valence electrons. The smallest absolute Gasteiger partial charge is 0.107 e. The molecule has 1 aliphatic rings. The number of rotatable bonds is 5. The average Bonchev–Trinajstić information content (AvgIpc) is 2.83. The van der Waals surface area contributed by atoms with Crippen LogP contribution in [0.2, 0.25) is 0 Å². The van der Waals surface area contributed by atoms with E-state index in [9.17, 15) is 5.11 Å². The van der Waals surface area contributed by atoms with Crippen LogP contribution in [0.15, 0.2) is 24.2 Å². The third-order valence-corrected chi connectivity index (χ3v) is 4.26. The van der Waals surface area contributed by atoms with Gasteiger partial charge in [0, 0.05) is 23.5 Å². The van der Waals surface area contributed by atoms with Crippen molar-refractivity contribution >= 4 is 11.3 Å². The fourth-order valence-electron chi connectivity index (χ4n) is 2.63. The Labute approximate surface area is 107 Å². The van der Waals surface area contributed by atoms with Crippen molar-refractivity contribution in [3.8, 4) is 0 Å². The Morgan fingerprint density at radius 3 is 3.18 bits per heavy atom. The molecule has 1 aliphatic heterocycles. The van der Waals surface area contributed by atoms with Gasteiger partial charge in [0.25, 0.3) is 0 Å². The van der Waals surface area contributed by atoms with E-state index in [1.807, 2.05) is 17.7 Å². The Kier molecular flexibility index (Phi) is 4.31. The van der Waals surface area contributed by atoms with Crippen LogP contribution < -0.4 is 0 Å². The van der Waals surface area contributed by atoms with Gasteiger partial charge in [-0.25, -0.2) is 4.98 Å². The number of hydrogen-bond acceptors (Lipinski definition) is 4. The molecule has 0 saturated carbocycles. The minimum atomic E-state index is 0.0251. The zero-order chi connectivity index (χ0) is 12.1. The van der Waals surface area contributed by atoms with Gasteiger partial charge in [-0.1, -0.05) is 6.08 Å². The Morgan fingerprint density at radius 2 is 2.53 bits per heavy atom. The molecule has 0 unspecified atom stereocenters. The number of piperidine rings is 1. The van der Waals surface area contributed by atoms with E-state index in [0.717, 1.165) is 43.9 Å². The van der Waals surface area contributed by atoms with E-state index in [0.29, 0.717) is 0 Å². The van der Waals surface area contributed by atoms with Crippen molar-refractivity contribution in [3.63, 3.8) is 0 Å². The molecule has 2 heterocycles. The molecule has 1 saturated heterocycles. The first-order valence-corrected chi connectivity index (χ1v) is 6.98. The van der Waals surface area contributed by atoms with Crippen LogP contribution in [0.1, 0.15) is 24.3 Å². The minimum Gasteiger partial charge on any atom is -0.396 e. The van der Waals surface area contributed by atoms with Crippen LogP contribution in [0.4, 0.5) is 0 Å². The molecule has 0 spiro atoms. The summed E-state index contributed by atoms with van der Waals surface area (Å²) >= 11 is 1.70. The van der Waals surface area contributed by atoms with E-state index in [-0.39, 0.29) is 12.0 Å². The second-order valence-corrected chi connectivity index (χ2v) is 5.87. The number of allylic oxidation sites excluding steroid dienone is 1. The summed E-state index contributed by atoms with van der Waals surface area (Å²) in [5.41, 5.74) is 0.0251. The van der Waals surface area contributed by atoms with Gasteiger partial charge in [0.1, 0.15) is 5.01 Å². The van der Waals surface area contributed by atoms with Gasteiger partial charge in [0.05, 0.1) is 13.2 Å². The average molecular weight is 252 g/mol. The Morgan fingerprint density at radius 1 is 1.65 bits per heavy atom. The van der Waals surface area contributed by atoms with Crippen molar-refractivity contribution < 1.29 is 5.11 Å². The van der Waals surface area contributed by atoms with Gasteiger partial charge in [-0.2, -0.15) is 0 Å². The predicted molar refractivity (Wildman–Crippen MR) is 71.0 cm³/mol. The lowest BCUT2D eigenvalue weighted by Crippen LogP contribution is -2.44. The molecular formula is C13H20N2OS. The summed E-state index contributed by atoms with van der Waals surface area (Å²) in [5.74, 6) is 0. The summed E-state index contributed by atoms with van der Waals surface area (Å²) in [6.07, 6.45) is 6.94. The first-order chi connectivity index (χ1) is 8.28. The monoisotopic (exact) mass is 252 g/mol. The van der Waals surface area contributed by atoms with E-state index in [1.54, 1.807) is 11.3 Å². The predicted octanol–water partition coefficient (Wildman–Crippen LogP) is 2.29. The highest BCUT2D eigenvalue weighted by Crippen LogP contribution is 2.34. The number of nitrogens with zero attached hydrogens (tertiary/aromatic N) is 2. The van der Waals surface area contributed by atoms with Gasteiger partial charge in [-0.05, 0) is 25.8 Å². The summed E-state index contributed by atoms with van der Waals surface area (Å²) in [7, 11) is 0. The number of aromatic nitrogens is 1. The summed E-state index contributed by atoms with van der Waals surface area (Å²) in [4.78, 5) is 6.73. The molecule has 1 aromatic rings. The molecule has 1 N–H and O–H groups in total. The summed E-state index contributed by atoms with van der Waals surface area (Å²) in [6.45, 7) is 7.04. The maximum Gasteiger partial charge on any atom is 0.107 e. The molecule has 0 amide bonds. The number of aliphatic hydroxyl groups is 1. The van der Waals surface area contributed by atoms with Crippen LogP contribution >= 0.6 is 11.3 Å². The standard InChI is InChI=1S/C13H20N2OS/c1-2-4-13(11-16)5-3-7-15(10-13)9-12-14-6-8-17-12/h2,6,8,16H,1,3-5,7,9-11H2/t13-/m1/s1. The van der Waals surface area contributed by atoms with Gasteiger partial charge in [0.15, 0.2) is 0 Å². The van der Waals surface area contributed by atoms with E-state index in [4.69, 9.17) is 0 Å². The van der Waals surface area contributed by atoms with Gasteiger partial charge >= 0.3 is 0 Å². The molecule has 0 bridgehead atoms. The van der Waals surface area contributed by atoms with Gasteiger partial charge in [0.2, 0.25) is 0 Å². The summed E-state index contributed by atoms with van der Waals surface area (Å²) < 4.78 is 0. The van der Waals surface area contributed by atoms with E-state index >= 15 is 0 Å². The highest BCUT2D eigenvalue weighted by molar-refractivity contribution is 7.09. The lowest BCUT2D eigenvalue weighted by molar-refractivity contribution is 0.0309. The Balaban J connectivity index is 1.98. The highest BCUT2D eigenvalue weighted by atomic mass is 32.1. The first kappa shape index (κ1) is 12.7. The third kappa shape index (κ3) is 3.15. The van der Waals surface area contributed by atoms with Crippen LogP contribution in [-0.2, 0) is 6.54 Å². The van der Waals surface area contributed by atoms with E-state index in [1.165, 1.54) is 0 Å². The molecule has 0 aliphatic carbocycles.